The van der Waals surface area contributed by atoms with Crippen LogP contribution in [-0.4, -0.2) is 11.1 Å². The molecular formula is C12H12F3NO. The first-order chi connectivity index (χ1) is 8.00. The minimum Gasteiger partial charge on any atom is -0.367 e. The van der Waals surface area contributed by atoms with Crippen molar-refractivity contribution in [3.8, 4) is 0 Å². The summed E-state index contributed by atoms with van der Waals surface area (Å²) in [5.74, 6) is 0. The summed E-state index contributed by atoms with van der Waals surface area (Å²) >= 11 is 0. The molecule has 5 heteroatoms. The van der Waals surface area contributed by atoms with E-state index in [9.17, 15) is 13.2 Å². The maximum Gasteiger partial charge on any atom is 0.433 e. The standard InChI is InChI=1S/C12H12F3NO/c13-12(14,15)10-2-1-8(7-16-10)11-5-3-9(17-11)4-6-11/h1-2,7,9H,3-6H2. The molecule has 2 aliphatic heterocycles. The summed E-state index contributed by atoms with van der Waals surface area (Å²) in [7, 11) is 0. The molecule has 0 atom stereocenters. The predicted molar refractivity (Wildman–Crippen MR) is 54.3 cm³/mol. The van der Waals surface area contributed by atoms with E-state index in [4.69, 9.17) is 4.74 Å². The first-order valence-electron chi connectivity index (χ1n) is 5.71. The first kappa shape index (κ1) is 11.0. The molecule has 0 aromatic carbocycles. The van der Waals surface area contributed by atoms with Crippen molar-refractivity contribution in [1.29, 1.82) is 0 Å². The van der Waals surface area contributed by atoms with Gasteiger partial charge >= 0.3 is 6.18 Å². The molecular weight excluding hydrogens is 231 g/mol. The molecule has 2 fully saturated rings. The maximum absolute atomic E-state index is 12.4. The lowest BCUT2D eigenvalue weighted by molar-refractivity contribution is -0.141. The molecule has 3 rings (SSSR count). The van der Waals surface area contributed by atoms with Gasteiger partial charge in [0.2, 0.25) is 0 Å². The third-order valence-electron chi connectivity index (χ3n) is 3.71. The lowest BCUT2D eigenvalue weighted by Gasteiger charge is -2.24. The number of nitrogens with zero attached hydrogens (tertiary/aromatic N) is 1. The van der Waals surface area contributed by atoms with E-state index in [1.165, 1.54) is 12.3 Å². The summed E-state index contributed by atoms with van der Waals surface area (Å²) in [6.07, 6.45) is 1.02. The summed E-state index contributed by atoms with van der Waals surface area (Å²) in [5, 5.41) is 0. The van der Waals surface area contributed by atoms with Crippen molar-refractivity contribution >= 4 is 0 Å². The van der Waals surface area contributed by atoms with E-state index < -0.39 is 11.9 Å². The van der Waals surface area contributed by atoms with Crippen molar-refractivity contribution in [2.75, 3.05) is 0 Å². The van der Waals surface area contributed by atoms with Crippen molar-refractivity contribution in [2.45, 2.75) is 43.6 Å². The third-order valence-corrected chi connectivity index (χ3v) is 3.71. The Morgan fingerprint density at radius 1 is 1.24 bits per heavy atom. The van der Waals surface area contributed by atoms with Crippen LogP contribution in [0.5, 0.6) is 0 Å². The lowest BCUT2D eigenvalue weighted by Crippen LogP contribution is -2.22. The van der Waals surface area contributed by atoms with Crippen LogP contribution < -0.4 is 0 Å². The van der Waals surface area contributed by atoms with Gasteiger partial charge in [0, 0.05) is 11.8 Å². The lowest BCUT2D eigenvalue weighted by atomic mass is 9.84. The normalized spacial score (nSPS) is 32.1. The Morgan fingerprint density at radius 3 is 2.35 bits per heavy atom. The van der Waals surface area contributed by atoms with Gasteiger partial charge in [0.15, 0.2) is 0 Å². The molecule has 0 aliphatic carbocycles. The monoisotopic (exact) mass is 243 g/mol. The van der Waals surface area contributed by atoms with E-state index in [0.29, 0.717) is 0 Å². The second-order valence-electron chi connectivity index (χ2n) is 4.74. The number of halogens is 3. The number of ether oxygens (including phenoxy) is 1. The molecule has 1 aromatic heterocycles. The Balaban J connectivity index is 1.90. The second-order valence-corrected chi connectivity index (χ2v) is 4.74. The van der Waals surface area contributed by atoms with E-state index in [-0.39, 0.29) is 11.7 Å². The second kappa shape index (κ2) is 3.45. The number of rotatable bonds is 1. The van der Waals surface area contributed by atoms with E-state index in [0.717, 1.165) is 37.3 Å². The van der Waals surface area contributed by atoms with Crippen LogP contribution in [0.25, 0.3) is 0 Å². The van der Waals surface area contributed by atoms with E-state index in [1.54, 1.807) is 0 Å². The van der Waals surface area contributed by atoms with Crippen molar-refractivity contribution in [2.24, 2.45) is 0 Å². The first-order valence-corrected chi connectivity index (χ1v) is 5.71. The SMILES string of the molecule is FC(F)(F)c1ccc(C23CCC(CC2)O3)cn1. The van der Waals surface area contributed by atoms with Gasteiger partial charge in [-0.25, -0.2) is 0 Å². The van der Waals surface area contributed by atoms with Crippen LogP contribution >= 0.6 is 0 Å². The molecule has 0 unspecified atom stereocenters. The number of alkyl halides is 3. The highest BCUT2D eigenvalue weighted by Crippen LogP contribution is 2.50. The highest BCUT2D eigenvalue weighted by atomic mass is 19.4. The molecule has 92 valence electrons. The van der Waals surface area contributed by atoms with Gasteiger partial charge < -0.3 is 4.74 Å². The summed E-state index contributed by atoms with van der Waals surface area (Å²) in [6, 6.07) is 2.54. The van der Waals surface area contributed by atoms with Gasteiger partial charge in [0.05, 0.1) is 11.7 Å². The van der Waals surface area contributed by atoms with Gasteiger partial charge in [-0.2, -0.15) is 13.2 Å². The molecule has 2 aliphatic rings. The Bertz CT molecular complexity index is 418. The van der Waals surface area contributed by atoms with Crippen LogP contribution in [0.4, 0.5) is 13.2 Å². The van der Waals surface area contributed by atoms with E-state index in [2.05, 4.69) is 4.98 Å². The van der Waals surface area contributed by atoms with E-state index in [1.807, 2.05) is 0 Å². The smallest absolute Gasteiger partial charge is 0.367 e. The van der Waals surface area contributed by atoms with Gasteiger partial charge in [0.25, 0.3) is 0 Å². The highest BCUT2D eigenvalue weighted by Gasteiger charge is 2.47. The Morgan fingerprint density at radius 2 is 1.94 bits per heavy atom. The fourth-order valence-electron chi connectivity index (χ4n) is 2.80. The molecule has 2 saturated heterocycles. The van der Waals surface area contributed by atoms with Crippen molar-refractivity contribution < 1.29 is 17.9 Å². The molecule has 1 aromatic rings. The van der Waals surface area contributed by atoms with Crippen molar-refractivity contribution in [1.82, 2.24) is 4.98 Å². The number of pyridine rings is 1. The molecule has 0 radical (unpaired) electrons. The summed E-state index contributed by atoms with van der Waals surface area (Å²) in [5.41, 5.74) is -0.419. The average molecular weight is 243 g/mol. The van der Waals surface area contributed by atoms with Gasteiger partial charge in [0.1, 0.15) is 5.69 Å². The Hall–Kier alpha value is -1.10. The summed E-state index contributed by atoms with van der Waals surface area (Å²) in [4.78, 5) is 3.50. The van der Waals surface area contributed by atoms with Crippen molar-refractivity contribution in [3.63, 3.8) is 0 Å². The molecule has 3 heterocycles. The zero-order valence-corrected chi connectivity index (χ0v) is 9.13. The van der Waals surface area contributed by atoms with Crippen LogP contribution in [0.1, 0.15) is 36.9 Å². The average Bonchev–Trinajstić information content (AvgIpc) is 2.89. The molecule has 0 N–H and O–H groups in total. The number of aromatic nitrogens is 1. The van der Waals surface area contributed by atoms with Crippen LogP contribution in [0.15, 0.2) is 18.3 Å². The zero-order valence-electron chi connectivity index (χ0n) is 9.13. The number of fused-ring (bicyclic) bond motifs is 2. The highest BCUT2D eigenvalue weighted by molar-refractivity contribution is 5.25. The topological polar surface area (TPSA) is 22.1 Å². The van der Waals surface area contributed by atoms with Crippen LogP contribution in [0.2, 0.25) is 0 Å². The van der Waals surface area contributed by atoms with Crippen LogP contribution in [-0.2, 0) is 16.5 Å². The van der Waals surface area contributed by atoms with Gasteiger partial charge in [-0.1, -0.05) is 6.07 Å². The third kappa shape index (κ3) is 1.73. The van der Waals surface area contributed by atoms with Gasteiger partial charge in [-0.3, -0.25) is 4.98 Å². The van der Waals surface area contributed by atoms with Crippen molar-refractivity contribution in [3.05, 3.63) is 29.6 Å². The van der Waals surface area contributed by atoms with Gasteiger partial charge in [-0.05, 0) is 31.7 Å². The van der Waals surface area contributed by atoms with E-state index >= 15 is 0 Å². The Labute approximate surface area is 96.8 Å². The number of hydrogen-bond acceptors (Lipinski definition) is 2. The summed E-state index contributed by atoms with van der Waals surface area (Å²) < 4.78 is 43.0. The zero-order chi connectivity index (χ0) is 12.1. The molecule has 0 spiro atoms. The van der Waals surface area contributed by atoms with Gasteiger partial charge in [-0.15, -0.1) is 0 Å². The van der Waals surface area contributed by atoms with Crippen LogP contribution in [0, 0.1) is 0 Å². The predicted octanol–water partition coefficient (Wildman–Crippen LogP) is 3.27. The Kier molecular flexibility index (Phi) is 2.23. The fourth-order valence-corrected chi connectivity index (χ4v) is 2.80. The largest absolute Gasteiger partial charge is 0.433 e. The number of hydrogen-bond donors (Lipinski definition) is 0. The minimum atomic E-state index is -4.37. The van der Waals surface area contributed by atoms with Crippen LogP contribution in [0.3, 0.4) is 0 Å². The molecule has 2 bridgehead atoms. The summed E-state index contributed by atoms with van der Waals surface area (Å²) in [6.45, 7) is 0. The minimum absolute atomic E-state index is 0.289. The molecule has 17 heavy (non-hydrogen) atoms. The molecule has 2 nitrogen and oxygen atoms in total. The fraction of sp³-hybridized carbons (Fsp3) is 0.583. The maximum atomic E-state index is 12.4. The molecule has 0 amide bonds. The molecule has 0 saturated carbocycles. The quantitative estimate of drug-likeness (QED) is 0.755.